The summed E-state index contributed by atoms with van der Waals surface area (Å²) in [5.41, 5.74) is 6.97. The molecule has 1 atom stereocenters. The highest BCUT2D eigenvalue weighted by molar-refractivity contribution is 6.06. The summed E-state index contributed by atoms with van der Waals surface area (Å²) in [6, 6.07) is 4.69. The summed E-state index contributed by atoms with van der Waals surface area (Å²) in [4.78, 5) is 28.5. The van der Waals surface area contributed by atoms with Crippen molar-refractivity contribution in [3.63, 3.8) is 0 Å². The number of aromatic carboxylic acids is 1. The van der Waals surface area contributed by atoms with Crippen LogP contribution in [0.1, 0.15) is 29.9 Å². The Morgan fingerprint density at radius 1 is 1.32 bits per heavy atom. The molecule has 2 aromatic rings. The van der Waals surface area contributed by atoms with Crippen LogP contribution in [-0.4, -0.2) is 39.7 Å². The van der Waals surface area contributed by atoms with Crippen molar-refractivity contribution in [1.29, 1.82) is 0 Å². The number of hydrogen-bond donors (Lipinski definition) is 4. The first-order chi connectivity index (χ1) is 14.6. The fraction of sp³-hybridized carbons (Fsp3) is 0.261. The third-order valence-electron chi connectivity index (χ3n) is 4.79. The van der Waals surface area contributed by atoms with E-state index >= 15 is 0 Å². The molecule has 0 saturated carbocycles. The van der Waals surface area contributed by atoms with Crippen LogP contribution in [0.3, 0.4) is 0 Å². The SMILES string of the molecule is C=C/C=C(\C(=C)O)C(=O)NC(COc1cccc2nc(C)c(C(=O)O)c(N)c12)C(C)C. The topological polar surface area (TPSA) is 135 Å². The predicted octanol–water partition coefficient (Wildman–Crippen LogP) is 3.53. The van der Waals surface area contributed by atoms with Crippen molar-refractivity contribution in [2.24, 2.45) is 5.92 Å². The maximum atomic E-state index is 12.5. The van der Waals surface area contributed by atoms with Crippen molar-refractivity contribution in [1.82, 2.24) is 10.3 Å². The van der Waals surface area contributed by atoms with E-state index in [4.69, 9.17) is 10.5 Å². The number of carbonyl (C=O) groups is 2. The van der Waals surface area contributed by atoms with Gasteiger partial charge in [0.05, 0.1) is 33.9 Å². The largest absolute Gasteiger partial charge is 0.508 e. The van der Waals surface area contributed by atoms with Gasteiger partial charge < -0.3 is 26.0 Å². The number of nitrogens with zero attached hydrogens (tertiary/aromatic N) is 1. The van der Waals surface area contributed by atoms with E-state index in [2.05, 4.69) is 23.5 Å². The summed E-state index contributed by atoms with van der Waals surface area (Å²) in [6.45, 7) is 12.4. The molecule has 8 heteroatoms. The molecule has 31 heavy (non-hydrogen) atoms. The van der Waals surface area contributed by atoms with E-state index in [9.17, 15) is 19.8 Å². The number of carbonyl (C=O) groups excluding carboxylic acids is 1. The van der Waals surface area contributed by atoms with E-state index in [1.807, 2.05) is 13.8 Å². The molecule has 0 aliphatic heterocycles. The second-order valence-electron chi connectivity index (χ2n) is 7.34. The molecule has 0 aliphatic carbocycles. The van der Waals surface area contributed by atoms with Crippen molar-refractivity contribution in [2.75, 3.05) is 12.3 Å². The molecule has 1 aromatic carbocycles. The molecule has 0 radical (unpaired) electrons. The highest BCUT2D eigenvalue weighted by Crippen LogP contribution is 2.33. The fourth-order valence-corrected chi connectivity index (χ4v) is 3.08. The maximum absolute atomic E-state index is 12.5. The Morgan fingerprint density at radius 3 is 2.55 bits per heavy atom. The predicted molar refractivity (Wildman–Crippen MR) is 120 cm³/mol. The average molecular weight is 425 g/mol. The second kappa shape index (κ2) is 9.80. The van der Waals surface area contributed by atoms with Crippen molar-refractivity contribution in [2.45, 2.75) is 26.8 Å². The van der Waals surface area contributed by atoms with Gasteiger partial charge in [-0.15, -0.1) is 0 Å². The minimum atomic E-state index is -1.17. The number of nitrogens with one attached hydrogen (secondary N) is 1. The summed E-state index contributed by atoms with van der Waals surface area (Å²) < 4.78 is 5.95. The van der Waals surface area contributed by atoms with E-state index in [1.165, 1.54) is 12.2 Å². The maximum Gasteiger partial charge on any atom is 0.339 e. The van der Waals surface area contributed by atoms with Gasteiger partial charge in [0.2, 0.25) is 0 Å². The molecule has 0 fully saturated rings. The first kappa shape index (κ1) is 23.5. The summed E-state index contributed by atoms with van der Waals surface area (Å²) >= 11 is 0. The number of carboxylic acids is 1. The highest BCUT2D eigenvalue weighted by atomic mass is 16.5. The van der Waals surface area contributed by atoms with Gasteiger partial charge in [-0.3, -0.25) is 9.78 Å². The number of carboxylic acid groups (broad SMARTS) is 1. The van der Waals surface area contributed by atoms with Crippen molar-refractivity contribution < 1.29 is 24.5 Å². The van der Waals surface area contributed by atoms with Gasteiger partial charge in [-0.2, -0.15) is 0 Å². The van der Waals surface area contributed by atoms with Crippen LogP contribution >= 0.6 is 0 Å². The average Bonchev–Trinajstić information content (AvgIpc) is 2.67. The molecule has 0 aliphatic rings. The molecule has 2 rings (SSSR count). The number of hydrogen-bond acceptors (Lipinski definition) is 6. The summed E-state index contributed by atoms with van der Waals surface area (Å²) in [5, 5.41) is 22.3. The standard InChI is InChI=1S/C23H27N3O5/c1-6-8-15(14(5)27)22(28)26-17(12(2)3)11-31-18-10-7-9-16-20(18)21(24)19(23(29)30)13(4)25-16/h6-10,12,17,27H,1,5,11H2,2-4H3,(H2,24,25)(H,26,28)(H,29,30)/b15-8+. The van der Waals surface area contributed by atoms with Gasteiger partial charge in [0, 0.05) is 0 Å². The van der Waals surface area contributed by atoms with Crippen LogP contribution in [0, 0.1) is 12.8 Å². The van der Waals surface area contributed by atoms with Gasteiger partial charge in [0.25, 0.3) is 5.91 Å². The lowest BCUT2D eigenvalue weighted by Gasteiger charge is -2.24. The molecular formula is C23H27N3O5. The number of allylic oxidation sites excluding steroid dienone is 2. The number of fused-ring (bicyclic) bond motifs is 1. The lowest BCUT2D eigenvalue weighted by Crippen LogP contribution is -2.43. The molecule has 0 spiro atoms. The van der Waals surface area contributed by atoms with Gasteiger partial charge in [-0.05, 0) is 31.1 Å². The van der Waals surface area contributed by atoms with Crippen LogP contribution in [0.4, 0.5) is 5.69 Å². The zero-order valence-electron chi connectivity index (χ0n) is 17.8. The zero-order chi connectivity index (χ0) is 23.3. The fourth-order valence-electron chi connectivity index (χ4n) is 3.08. The Morgan fingerprint density at radius 2 is 2.00 bits per heavy atom. The van der Waals surface area contributed by atoms with Crippen LogP contribution < -0.4 is 15.8 Å². The number of nitrogens with two attached hydrogens (primary N) is 1. The Hall–Kier alpha value is -3.81. The van der Waals surface area contributed by atoms with Crippen LogP contribution in [-0.2, 0) is 4.79 Å². The number of pyridine rings is 1. The Kier molecular flexibility index (Phi) is 7.42. The Balaban J connectivity index is 2.35. The second-order valence-corrected chi connectivity index (χ2v) is 7.34. The quantitative estimate of drug-likeness (QED) is 0.274. The molecule has 5 N–H and O–H groups in total. The molecule has 1 aromatic heterocycles. The first-order valence-electron chi connectivity index (χ1n) is 9.65. The minimum absolute atomic E-state index is 0.000769. The highest BCUT2D eigenvalue weighted by Gasteiger charge is 2.22. The molecule has 0 bridgehead atoms. The lowest BCUT2D eigenvalue weighted by atomic mass is 10.0. The number of aryl methyl sites for hydroxylation is 1. The third kappa shape index (κ3) is 5.22. The van der Waals surface area contributed by atoms with Gasteiger partial charge >= 0.3 is 5.97 Å². The molecule has 0 saturated heterocycles. The summed E-state index contributed by atoms with van der Waals surface area (Å²) in [7, 11) is 0. The number of ether oxygens (including phenoxy) is 1. The monoisotopic (exact) mass is 425 g/mol. The van der Waals surface area contributed by atoms with E-state index in [-0.39, 0.29) is 35.1 Å². The number of nitrogen functional groups attached to an aromatic ring is 1. The first-order valence-corrected chi connectivity index (χ1v) is 9.65. The molecular weight excluding hydrogens is 398 g/mol. The number of aliphatic hydroxyl groups is 1. The van der Waals surface area contributed by atoms with Crippen LogP contribution in [0.5, 0.6) is 5.75 Å². The molecule has 8 nitrogen and oxygen atoms in total. The zero-order valence-corrected chi connectivity index (χ0v) is 17.8. The lowest BCUT2D eigenvalue weighted by molar-refractivity contribution is -0.118. The van der Waals surface area contributed by atoms with E-state index < -0.39 is 17.9 Å². The number of benzene rings is 1. The van der Waals surface area contributed by atoms with E-state index in [0.717, 1.165) is 0 Å². The van der Waals surface area contributed by atoms with Crippen LogP contribution in [0.25, 0.3) is 10.9 Å². The van der Waals surface area contributed by atoms with Gasteiger partial charge in [-0.25, -0.2) is 4.79 Å². The van der Waals surface area contributed by atoms with E-state index in [0.29, 0.717) is 22.3 Å². The molecule has 1 amide bonds. The summed E-state index contributed by atoms with van der Waals surface area (Å²) in [5.74, 6) is -1.71. The Labute approximate surface area is 180 Å². The van der Waals surface area contributed by atoms with Crippen molar-refractivity contribution >= 4 is 28.5 Å². The minimum Gasteiger partial charge on any atom is -0.508 e. The normalized spacial score (nSPS) is 12.5. The van der Waals surface area contributed by atoms with E-state index in [1.54, 1.807) is 25.1 Å². The van der Waals surface area contributed by atoms with Crippen LogP contribution in [0.15, 0.2) is 54.8 Å². The van der Waals surface area contributed by atoms with Crippen LogP contribution in [0.2, 0.25) is 0 Å². The molecule has 1 heterocycles. The number of rotatable bonds is 9. The Bertz CT molecular complexity index is 1070. The van der Waals surface area contributed by atoms with Gasteiger partial charge in [-0.1, -0.05) is 39.1 Å². The number of amides is 1. The van der Waals surface area contributed by atoms with Gasteiger partial charge in [0.1, 0.15) is 23.7 Å². The third-order valence-corrected chi connectivity index (χ3v) is 4.79. The number of aromatic nitrogens is 1. The van der Waals surface area contributed by atoms with Gasteiger partial charge in [0.15, 0.2) is 0 Å². The number of anilines is 1. The number of aliphatic hydroxyl groups excluding tert-OH is 1. The summed E-state index contributed by atoms with van der Waals surface area (Å²) in [6.07, 6.45) is 2.74. The molecule has 1 unspecified atom stereocenters. The van der Waals surface area contributed by atoms with Crippen molar-refractivity contribution in [3.05, 3.63) is 66.1 Å². The molecule has 164 valence electrons. The smallest absolute Gasteiger partial charge is 0.339 e. The van der Waals surface area contributed by atoms with Crippen molar-refractivity contribution in [3.8, 4) is 5.75 Å².